The molecule has 1 aromatic rings. The SMILES string of the molecule is O=S(=O)(Cc1ccccc1)[S-](=S)=S. The van der Waals surface area contributed by atoms with Gasteiger partial charge in [0.05, 0.1) is 14.6 Å². The van der Waals surface area contributed by atoms with E-state index in [9.17, 15) is 8.42 Å². The summed E-state index contributed by atoms with van der Waals surface area (Å²) in [7, 11) is -4.68. The molecule has 0 heterocycles. The first kappa shape index (κ1) is 11.0. The molecule has 0 aliphatic rings. The smallest absolute Gasteiger partial charge is 0.0944 e. The molecular formula is C7H7O2S4-. The molecule has 0 unspecified atom stereocenters. The predicted molar refractivity (Wildman–Crippen MR) is 61.2 cm³/mol. The minimum Gasteiger partial charge on any atom is -0.249 e. The lowest BCUT2D eigenvalue weighted by Crippen LogP contribution is -2.03. The number of rotatable bonds is 3. The van der Waals surface area contributed by atoms with Gasteiger partial charge in [0.25, 0.3) is 0 Å². The van der Waals surface area contributed by atoms with Crippen molar-refractivity contribution in [3.05, 3.63) is 35.9 Å². The summed E-state index contributed by atoms with van der Waals surface area (Å²) in [5.74, 6) is -0.0516. The number of hydrogen-bond acceptors (Lipinski definition) is 5. The topological polar surface area (TPSA) is 34.1 Å². The Morgan fingerprint density at radius 1 is 1.15 bits per heavy atom. The highest BCUT2D eigenvalue weighted by molar-refractivity contribution is 8.86. The first-order valence-corrected chi connectivity index (χ1v) is 8.63. The minimum atomic E-state index is -3.29. The van der Waals surface area contributed by atoms with Gasteiger partial charge in [0, 0.05) is 0 Å². The van der Waals surface area contributed by atoms with Crippen LogP contribution in [0.25, 0.3) is 0 Å². The third-order valence-electron chi connectivity index (χ3n) is 1.39. The molecule has 0 N–H and O–H groups in total. The lowest BCUT2D eigenvalue weighted by atomic mass is 10.2. The molecule has 0 aromatic heterocycles. The molecule has 0 atom stereocenters. The van der Waals surface area contributed by atoms with Crippen molar-refractivity contribution in [2.75, 3.05) is 0 Å². The van der Waals surface area contributed by atoms with Crippen molar-refractivity contribution >= 4 is 38.3 Å². The second-order valence-electron chi connectivity index (χ2n) is 2.39. The van der Waals surface area contributed by atoms with Gasteiger partial charge in [0.1, 0.15) is 0 Å². The van der Waals surface area contributed by atoms with Crippen LogP contribution in [-0.2, 0) is 44.0 Å². The summed E-state index contributed by atoms with van der Waals surface area (Å²) < 4.78 is 22.6. The molecule has 0 aliphatic carbocycles. The molecule has 0 spiro atoms. The van der Waals surface area contributed by atoms with E-state index >= 15 is 0 Å². The average molecular weight is 251 g/mol. The van der Waals surface area contributed by atoms with Crippen molar-refractivity contribution in [2.24, 2.45) is 0 Å². The quantitative estimate of drug-likeness (QED) is 0.594. The van der Waals surface area contributed by atoms with Gasteiger partial charge >= 0.3 is 0 Å². The molecule has 6 heteroatoms. The van der Waals surface area contributed by atoms with E-state index in [0.29, 0.717) is 0 Å². The molecule has 0 fully saturated rings. The fourth-order valence-electron chi connectivity index (χ4n) is 0.826. The fourth-order valence-corrected chi connectivity index (χ4v) is 3.09. The molecule has 0 aliphatic heterocycles. The highest BCUT2D eigenvalue weighted by atomic mass is 33.5. The Balaban J connectivity index is 2.95. The van der Waals surface area contributed by atoms with Gasteiger partial charge in [-0.2, -0.15) is 0 Å². The summed E-state index contributed by atoms with van der Waals surface area (Å²) in [6.45, 7) is 0. The molecule has 0 radical (unpaired) electrons. The zero-order valence-electron chi connectivity index (χ0n) is 6.54. The minimum absolute atomic E-state index is 0.0516. The van der Waals surface area contributed by atoms with Crippen LogP contribution < -0.4 is 0 Å². The van der Waals surface area contributed by atoms with Crippen molar-refractivity contribution in [3.63, 3.8) is 0 Å². The summed E-state index contributed by atoms with van der Waals surface area (Å²) in [4.78, 5) is 0. The Morgan fingerprint density at radius 3 is 2.15 bits per heavy atom. The van der Waals surface area contributed by atoms with E-state index in [0.717, 1.165) is 5.56 Å². The second-order valence-corrected chi connectivity index (χ2v) is 10.6. The lowest BCUT2D eigenvalue weighted by molar-refractivity contribution is 0.610. The maximum atomic E-state index is 11.3. The van der Waals surface area contributed by atoms with E-state index in [2.05, 4.69) is 22.4 Å². The van der Waals surface area contributed by atoms with Crippen molar-refractivity contribution in [2.45, 2.75) is 5.75 Å². The first-order valence-electron chi connectivity index (χ1n) is 3.39. The van der Waals surface area contributed by atoms with Crippen LogP contribution in [0, 0.1) is 0 Å². The molecule has 1 aromatic carbocycles. The van der Waals surface area contributed by atoms with Crippen LogP contribution in [0.2, 0.25) is 0 Å². The van der Waals surface area contributed by atoms with Crippen LogP contribution in [0.1, 0.15) is 5.56 Å². The Hall–Kier alpha value is -0.0400. The van der Waals surface area contributed by atoms with Crippen LogP contribution in [0.15, 0.2) is 30.3 Å². The van der Waals surface area contributed by atoms with Crippen LogP contribution in [0.4, 0.5) is 0 Å². The van der Waals surface area contributed by atoms with Gasteiger partial charge in [0.15, 0.2) is 0 Å². The van der Waals surface area contributed by atoms with E-state index in [-0.39, 0.29) is 5.75 Å². The van der Waals surface area contributed by atoms with Crippen LogP contribution in [0.5, 0.6) is 0 Å². The molecule has 72 valence electrons. The Kier molecular flexibility index (Phi) is 3.78. The highest BCUT2D eigenvalue weighted by Gasteiger charge is 2.01. The summed E-state index contributed by atoms with van der Waals surface area (Å²) in [5.41, 5.74) is 0.731. The summed E-state index contributed by atoms with van der Waals surface area (Å²) in [5, 5.41) is 0. The summed E-state index contributed by atoms with van der Waals surface area (Å²) >= 11 is 9.14. The molecule has 2 nitrogen and oxygen atoms in total. The number of hydrogen-bond donors (Lipinski definition) is 0. The van der Waals surface area contributed by atoms with E-state index in [1.165, 1.54) is 0 Å². The van der Waals surface area contributed by atoms with E-state index in [4.69, 9.17) is 0 Å². The van der Waals surface area contributed by atoms with Crippen molar-refractivity contribution < 1.29 is 8.42 Å². The van der Waals surface area contributed by atoms with Crippen molar-refractivity contribution in [1.29, 1.82) is 0 Å². The summed E-state index contributed by atoms with van der Waals surface area (Å²) in [6.07, 6.45) is 0. The molecule has 0 bridgehead atoms. The van der Waals surface area contributed by atoms with E-state index in [1.54, 1.807) is 24.3 Å². The van der Waals surface area contributed by atoms with Gasteiger partial charge in [-0.15, -0.1) is 0 Å². The molecular weight excluding hydrogens is 244 g/mol. The Labute approximate surface area is 88.1 Å². The first-order chi connectivity index (χ1) is 6.02. The maximum Gasteiger partial charge on any atom is 0.0944 e. The largest absolute Gasteiger partial charge is 0.249 e. The summed E-state index contributed by atoms with van der Waals surface area (Å²) in [6, 6.07) is 8.90. The standard InChI is InChI=1S/C7H7O2S4/c8-13(9,12(10)11)6-7-4-2-1-3-5-7/h1-5H,6H2/q-1. The maximum absolute atomic E-state index is 11.3. The van der Waals surface area contributed by atoms with Gasteiger partial charge in [-0.25, -0.2) is 37.8 Å². The molecule has 0 saturated carbocycles. The number of benzene rings is 1. The van der Waals surface area contributed by atoms with Gasteiger partial charge in [-0.05, 0) is 5.56 Å². The van der Waals surface area contributed by atoms with Crippen LogP contribution in [0.3, 0.4) is 0 Å². The van der Waals surface area contributed by atoms with Crippen LogP contribution in [-0.4, -0.2) is 8.42 Å². The Bertz CT molecular complexity index is 437. The normalized spacial score (nSPS) is 11.8. The van der Waals surface area contributed by atoms with Crippen molar-refractivity contribution in [3.8, 4) is 0 Å². The van der Waals surface area contributed by atoms with E-state index in [1.807, 2.05) is 6.07 Å². The third-order valence-corrected chi connectivity index (χ3v) is 7.82. The van der Waals surface area contributed by atoms with Crippen molar-refractivity contribution in [1.82, 2.24) is 0 Å². The monoisotopic (exact) mass is 251 g/mol. The zero-order valence-corrected chi connectivity index (χ0v) is 9.81. The van der Waals surface area contributed by atoms with Gasteiger partial charge in [0.2, 0.25) is 0 Å². The predicted octanol–water partition coefficient (Wildman–Crippen LogP) is 1.06. The average Bonchev–Trinajstić information content (AvgIpc) is 2.05. The highest BCUT2D eigenvalue weighted by Crippen LogP contribution is 2.06. The van der Waals surface area contributed by atoms with Gasteiger partial charge < -0.3 is 0 Å². The van der Waals surface area contributed by atoms with Gasteiger partial charge in [-0.1, -0.05) is 30.3 Å². The molecule has 0 amide bonds. The lowest BCUT2D eigenvalue weighted by Gasteiger charge is -2.06. The van der Waals surface area contributed by atoms with Gasteiger partial charge in [-0.3, -0.25) is 0 Å². The Morgan fingerprint density at radius 2 is 1.69 bits per heavy atom. The van der Waals surface area contributed by atoms with Crippen LogP contribution >= 0.6 is 0 Å². The molecule has 13 heavy (non-hydrogen) atoms. The molecule has 0 saturated heterocycles. The fraction of sp³-hybridized carbons (Fsp3) is 0.143. The third kappa shape index (κ3) is 3.30. The molecule has 1 rings (SSSR count). The van der Waals surface area contributed by atoms with E-state index < -0.39 is 15.9 Å². The second kappa shape index (κ2) is 4.45. The zero-order chi connectivity index (χ0) is 9.90.